The topological polar surface area (TPSA) is 151 Å². The molecule has 0 saturated carbocycles. The first kappa shape index (κ1) is 37.6. The summed E-state index contributed by atoms with van der Waals surface area (Å²) < 4.78 is 10.8. The highest BCUT2D eigenvalue weighted by molar-refractivity contribution is 5.82. The van der Waals surface area contributed by atoms with E-state index in [-0.39, 0.29) is 36.9 Å². The van der Waals surface area contributed by atoms with Crippen molar-refractivity contribution in [3.05, 3.63) is 119 Å². The summed E-state index contributed by atoms with van der Waals surface area (Å²) in [5.41, 5.74) is 9.11. The summed E-state index contributed by atoms with van der Waals surface area (Å²) in [4.78, 5) is 46.8. The minimum absolute atomic E-state index is 0.0403. The Morgan fingerprint density at radius 2 is 0.788 bits per heavy atom. The second kappa shape index (κ2) is 17.0. The zero-order valence-corrected chi connectivity index (χ0v) is 29.9. The van der Waals surface area contributed by atoms with Crippen molar-refractivity contribution in [1.82, 2.24) is 10.6 Å². The lowest BCUT2D eigenvalue weighted by Gasteiger charge is -2.18. The highest BCUT2D eigenvalue weighted by atomic mass is 16.6. The van der Waals surface area contributed by atoms with Crippen LogP contribution in [0.25, 0.3) is 22.3 Å². The Bertz CT molecular complexity index is 1680. The van der Waals surface area contributed by atoms with E-state index >= 15 is 0 Å². The molecule has 0 fully saturated rings. The minimum Gasteiger partial charge on any atom is -0.480 e. The summed E-state index contributed by atoms with van der Waals surface area (Å²) in [6.45, 7) is 8.00. The smallest absolute Gasteiger partial charge is 0.407 e. The molecule has 52 heavy (non-hydrogen) atoms. The van der Waals surface area contributed by atoms with Gasteiger partial charge in [0.05, 0.1) is 0 Å². The second-order valence-electron chi connectivity index (χ2n) is 14.0. The summed E-state index contributed by atoms with van der Waals surface area (Å²) in [5.74, 6) is -1.86. The van der Waals surface area contributed by atoms with Crippen LogP contribution < -0.4 is 10.6 Å². The van der Waals surface area contributed by atoms with Gasteiger partial charge in [0.25, 0.3) is 0 Å². The Balaban J connectivity index is 0.000000201. The van der Waals surface area contributed by atoms with Gasteiger partial charge < -0.3 is 30.3 Å². The first-order chi connectivity index (χ1) is 24.9. The Hall–Kier alpha value is -5.64. The Kier molecular flexibility index (Phi) is 12.3. The molecule has 4 aromatic carbocycles. The first-order valence-electron chi connectivity index (χ1n) is 17.6. The van der Waals surface area contributed by atoms with Gasteiger partial charge in [-0.15, -0.1) is 0 Å². The number of benzene rings is 4. The van der Waals surface area contributed by atoms with Crippen molar-refractivity contribution < 1.29 is 38.9 Å². The highest BCUT2D eigenvalue weighted by Crippen LogP contribution is 2.45. The van der Waals surface area contributed by atoms with E-state index < -0.39 is 36.2 Å². The van der Waals surface area contributed by atoms with Crippen LogP contribution in [0.5, 0.6) is 0 Å². The number of carbonyl (C=O) groups is 4. The summed E-state index contributed by atoms with van der Waals surface area (Å²) in [5, 5.41) is 23.4. The van der Waals surface area contributed by atoms with Gasteiger partial charge in [-0.25, -0.2) is 19.2 Å². The van der Waals surface area contributed by atoms with E-state index in [1.165, 1.54) is 0 Å². The molecule has 2 atom stereocenters. The molecule has 0 bridgehead atoms. The molecule has 0 spiro atoms. The molecule has 0 radical (unpaired) electrons. The number of amides is 2. The van der Waals surface area contributed by atoms with Gasteiger partial charge in [-0.2, -0.15) is 0 Å². The van der Waals surface area contributed by atoms with Gasteiger partial charge in [-0.05, 0) is 69.2 Å². The van der Waals surface area contributed by atoms with Crippen LogP contribution >= 0.6 is 0 Å². The predicted octanol–water partition coefficient (Wildman–Crippen LogP) is 8.05. The molecule has 0 aromatic heterocycles. The van der Waals surface area contributed by atoms with E-state index in [2.05, 4.69) is 34.9 Å². The van der Waals surface area contributed by atoms with Gasteiger partial charge in [-0.3, -0.25) is 0 Å². The molecule has 2 aliphatic carbocycles. The largest absolute Gasteiger partial charge is 0.480 e. The molecular formula is C42H46N2O8. The number of carboxylic acids is 2. The van der Waals surface area contributed by atoms with Gasteiger partial charge in [0.1, 0.15) is 25.3 Å². The van der Waals surface area contributed by atoms with Gasteiger partial charge in [0, 0.05) is 11.8 Å². The van der Waals surface area contributed by atoms with E-state index in [0.29, 0.717) is 12.8 Å². The number of carboxylic acid groups (broad SMARTS) is 2. The standard InChI is InChI=1S/2C21H23NO4/c2*1-13(2)11-19(20(23)24)22-21(25)26-12-18-16-9-5-3-7-14(16)15-8-4-6-10-17(15)18/h2*3-10,13,18-19H,11-12H2,1-2H3,(H,22,25)(H,23,24)/t2*19-/m11/s1. The van der Waals surface area contributed by atoms with Crippen molar-refractivity contribution in [3.8, 4) is 22.3 Å². The highest BCUT2D eigenvalue weighted by Gasteiger charge is 2.31. The average Bonchev–Trinajstić information content (AvgIpc) is 3.61. The first-order valence-corrected chi connectivity index (χ1v) is 17.6. The van der Waals surface area contributed by atoms with Crippen LogP contribution in [0.3, 0.4) is 0 Å². The Morgan fingerprint density at radius 3 is 1.04 bits per heavy atom. The van der Waals surface area contributed by atoms with E-state index in [1.807, 2.05) is 100 Å². The third-order valence-corrected chi connectivity index (χ3v) is 9.28. The van der Waals surface area contributed by atoms with Crippen molar-refractivity contribution >= 4 is 24.1 Å². The second-order valence-corrected chi connectivity index (χ2v) is 14.0. The molecule has 2 aliphatic rings. The molecule has 10 heteroatoms. The quantitative estimate of drug-likeness (QED) is 0.116. The van der Waals surface area contributed by atoms with Crippen LogP contribution in [-0.2, 0) is 19.1 Å². The molecule has 10 nitrogen and oxygen atoms in total. The number of carbonyl (C=O) groups excluding carboxylic acids is 2. The lowest BCUT2D eigenvalue weighted by Crippen LogP contribution is -2.42. The molecular weight excluding hydrogens is 660 g/mol. The zero-order valence-electron chi connectivity index (χ0n) is 29.9. The van der Waals surface area contributed by atoms with Crippen molar-refractivity contribution in [2.75, 3.05) is 13.2 Å². The van der Waals surface area contributed by atoms with Crippen LogP contribution in [0.1, 0.15) is 74.6 Å². The average molecular weight is 707 g/mol. The molecule has 0 saturated heterocycles. The summed E-state index contributed by atoms with van der Waals surface area (Å²) >= 11 is 0. The summed E-state index contributed by atoms with van der Waals surface area (Å²) in [6.07, 6.45) is -0.668. The Morgan fingerprint density at radius 1 is 0.519 bits per heavy atom. The van der Waals surface area contributed by atoms with Crippen LogP contribution in [0, 0.1) is 11.8 Å². The number of rotatable bonds is 12. The molecule has 6 rings (SSSR count). The predicted molar refractivity (Wildman–Crippen MR) is 198 cm³/mol. The third-order valence-electron chi connectivity index (χ3n) is 9.28. The van der Waals surface area contributed by atoms with Gasteiger partial charge in [0.2, 0.25) is 0 Å². The maximum absolute atomic E-state index is 12.1. The number of nitrogens with one attached hydrogen (secondary N) is 2. The van der Waals surface area contributed by atoms with Crippen LogP contribution in [-0.4, -0.2) is 59.6 Å². The lowest BCUT2D eigenvalue weighted by atomic mass is 9.98. The fourth-order valence-electron chi connectivity index (χ4n) is 6.95. The SMILES string of the molecule is CC(C)C[C@@H](NC(=O)OCC1c2ccccc2-c2ccccc21)C(=O)O.CC(C)C[C@@H](NC(=O)OCC1c2ccccc2-c2ccccc21)C(=O)O. The number of hydrogen-bond acceptors (Lipinski definition) is 6. The number of ether oxygens (including phenoxy) is 2. The maximum Gasteiger partial charge on any atom is 0.407 e. The van der Waals surface area contributed by atoms with E-state index in [1.54, 1.807) is 0 Å². The molecule has 0 aliphatic heterocycles. The molecule has 4 aromatic rings. The van der Waals surface area contributed by atoms with Crippen LogP contribution in [0.2, 0.25) is 0 Å². The van der Waals surface area contributed by atoms with E-state index in [4.69, 9.17) is 9.47 Å². The number of hydrogen-bond donors (Lipinski definition) is 4. The lowest BCUT2D eigenvalue weighted by molar-refractivity contribution is -0.140. The van der Waals surface area contributed by atoms with Crippen molar-refractivity contribution in [3.63, 3.8) is 0 Å². The molecule has 0 unspecified atom stereocenters. The fourth-order valence-corrected chi connectivity index (χ4v) is 6.95. The molecule has 0 heterocycles. The number of fused-ring (bicyclic) bond motifs is 6. The number of alkyl carbamates (subject to hydrolysis) is 2. The molecule has 4 N–H and O–H groups in total. The summed E-state index contributed by atoms with van der Waals surface area (Å²) in [6, 6.07) is 30.4. The normalized spacial score (nSPS) is 13.8. The maximum atomic E-state index is 12.1. The summed E-state index contributed by atoms with van der Waals surface area (Å²) in [7, 11) is 0. The van der Waals surface area contributed by atoms with Crippen LogP contribution in [0.4, 0.5) is 9.59 Å². The van der Waals surface area contributed by atoms with Gasteiger partial charge in [-0.1, -0.05) is 125 Å². The number of aliphatic carboxylic acids is 2. The molecule has 2 amide bonds. The molecule has 272 valence electrons. The van der Waals surface area contributed by atoms with E-state index in [0.717, 1.165) is 44.5 Å². The zero-order chi connectivity index (χ0) is 37.4. The third kappa shape index (κ3) is 8.98. The van der Waals surface area contributed by atoms with Crippen molar-refractivity contribution in [2.24, 2.45) is 11.8 Å². The van der Waals surface area contributed by atoms with Gasteiger partial charge >= 0.3 is 24.1 Å². The van der Waals surface area contributed by atoms with Crippen molar-refractivity contribution in [2.45, 2.75) is 64.5 Å². The van der Waals surface area contributed by atoms with E-state index in [9.17, 15) is 29.4 Å². The van der Waals surface area contributed by atoms with Crippen LogP contribution in [0.15, 0.2) is 97.1 Å². The monoisotopic (exact) mass is 706 g/mol. The Labute approximate surface area is 304 Å². The van der Waals surface area contributed by atoms with Gasteiger partial charge in [0.15, 0.2) is 0 Å². The fraction of sp³-hybridized carbons (Fsp3) is 0.333. The van der Waals surface area contributed by atoms with Crippen molar-refractivity contribution in [1.29, 1.82) is 0 Å². The minimum atomic E-state index is -1.05.